The van der Waals surface area contributed by atoms with Crippen LogP contribution in [0.2, 0.25) is 5.02 Å². The van der Waals surface area contributed by atoms with Crippen molar-refractivity contribution in [1.29, 1.82) is 0 Å². The molecule has 0 atom stereocenters. The molecule has 0 radical (unpaired) electrons. The molecule has 0 unspecified atom stereocenters. The smallest absolute Gasteiger partial charge is 0.343 e. The van der Waals surface area contributed by atoms with Gasteiger partial charge in [-0.1, -0.05) is 23.7 Å². The lowest BCUT2D eigenvalue weighted by Gasteiger charge is -2.05. The van der Waals surface area contributed by atoms with Gasteiger partial charge < -0.3 is 9.47 Å². The standard InChI is InChI=1S/C19H15ClO3/c1-2-22-17-9-5-14(6-10-17)18-12-15(19(21)23-18)11-13-3-7-16(20)8-4-13/h3-12H,2H2,1H3. The summed E-state index contributed by atoms with van der Waals surface area (Å²) in [5.41, 5.74) is 2.24. The zero-order chi connectivity index (χ0) is 16.2. The monoisotopic (exact) mass is 326 g/mol. The maximum atomic E-state index is 12.0. The van der Waals surface area contributed by atoms with Crippen LogP contribution in [0.1, 0.15) is 18.1 Å². The van der Waals surface area contributed by atoms with Gasteiger partial charge in [-0.15, -0.1) is 0 Å². The molecule has 0 aliphatic carbocycles. The van der Waals surface area contributed by atoms with E-state index in [1.807, 2.05) is 43.3 Å². The van der Waals surface area contributed by atoms with Crippen molar-refractivity contribution in [3.8, 4) is 5.75 Å². The maximum absolute atomic E-state index is 12.0. The normalized spacial score (nSPS) is 15.5. The molecule has 3 nitrogen and oxygen atoms in total. The van der Waals surface area contributed by atoms with Gasteiger partial charge in [-0.2, -0.15) is 0 Å². The summed E-state index contributed by atoms with van der Waals surface area (Å²) in [7, 11) is 0. The minimum atomic E-state index is -0.358. The first-order valence-electron chi connectivity index (χ1n) is 7.30. The zero-order valence-electron chi connectivity index (χ0n) is 12.6. The van der Waals surface area contributed by atoms with Gasteiger partial charge in [0.25, 0.3) is 0 Å². The van der Waals surface area contributed by atoms with Crippen LogP contribution in [-0.2, 0) is 9.53 Å². The van der Waals surface area contributed by atoms with E-state index in [-0.39, 0.29) is 5.97 Å². The summed E-state index contributed by atoms with van der Waals surface area (Å²) < 4.78 is 10.7. The summed E-state index contributed by atoms with van der Waals surface area (Å²) in [5.74, 6) is 0.972. The van der Waals surface area contributed by atoms with Crippen molar-refractivity contribution in [1.82, 2.24) is 0 Å². The fourth-order valence-corrected chi connectivity index (χ4v) is 2.38. The third-order valence-corrected chi connectivity index (χ3v) is 3.62. The Kier molecular flexibility index (Phi) is 4.49. The topological polar surface area (TPSA) is 35.5 Å². The number of hydrogen-bond acceptors (Lipinski definition) is 3. The molecule has 0 saturated carbocycles. The van der Waals surface area contributed by atoms with E-state index in [4.69, 9.17) is 21.1 Å². The zero-order valence-corrected chi connectivity index (χ0v) is 13.3. The Hall–Kier alpha value is -2.52. The van der Waals surface area contributed by atoms with Crippen LogP contribution < -0.4 is 4.74 Å². The molecule has 116 valence electrons. The van der Waals surface area contributed by atoms with Crippen molar-refractivity contribution in [2.45, 2.75) is 6.92 Å². The van der Waals surface area contributed by atoms with Crippen LogP contribution in [-0.4, -0.2) is 12.6 Å². The molecule has 0 bridgehead atoms. The van der Waals surface area contributed by atoms with Crippen molar-refractivity contribution in [3.05, 3.63) is 76.3 Å². The molecule has 0 saturated heterocycles. The fourth-order valence-electron chi connectivity index (χ4n) is 2.25. The van der Waals surface area contributed by atoms with Crippen LogP contribution in [0, 0.1) is 0 Å². The molecule has 0 spiro atoms. The molecule has 2 aromatic rings. The van der Waals surface area contributed by atoms with Gasteiger partial charge in [0.05, 0.1) is 12.2 Å². The van der Waals surface area contributed by atoms with Gasteiger partial charge in [0.15, 0.2) is 0 Å². The first kappa shape index (κ1) is 15.4. The summed E-state index contributed by atoms with van der Waals surface area (Å²) in [6.07, 6.45) is 3.52. The highest BCUT2D eigenvalue weighted by Gasteiger charge is 2.21. The van der Waals surface area contributed by atoms with E-state index < -0.39 is 0 Å². The SMILES string of the molecule is CCOc1ccc(C2=CC(=Cc3ccc(Cl)cc3)C(=O)O2)cc1. The molecular formula is C19H15ClO3. The number of esters is 1. The number of halogens is 1. The average molecular weight is 327 g/mol. The summed E-state index contributed by atoms with van der Waals surface area (Å²) in [5, 5.41) is 0.659. The minimum Gasteiger partial charge on any atom is -0.494 e. The van der Waals surface area contributed by atoms with Gasteiger partial charge >= 0.3 is 5.97 Å². The Bertz CT molecular complexity index is 771. The lowest BCUT2D eigenvalue weighted by atomic mass is 10.1. The van der Waals surface area contributed by atoms with E-state index in [2.05, 4.69) is 0 Å². The quantitative estimate of drug-likeness (QED) is 0.602. The molecule has 0 fully saturated rings. The predicted octanol–water partition coefficient (Wildman–Crippen LogP) is 4.72. The Labute approximate surface area is 139 Å². The van der Waals surface area contributed by atoms with Crippen molar-refractivity contribution >= 4 is 29.4 Å². The van der Waals surface area contributed by atoms with E-state index in [1.165, 1.54) is 0 Å². The Balaban J connectivity index is 1.84. The third kappa shape index (κ3) is 3.63. The highest BCUT2D eigenvalue weighted by molar-refractivity contribution is 6.30. The second-order valence-corrected chi connectivity index (χ2v) is 5.44. The second kappa shape index (κ2) is 6.71. The van der Waals surface area contributed by atoms with Crippen molar-refractivity contribution < 1.29 is 14.3 Å². The number of hydrogen-bond donors (Lipinski definition) is 0. The Morgan fingerprint density at radius 2 is 1.78 bits per heavy atom. The molecule has 1 heterocycles. The first-order chi connectivity index (χ1) is 11.2. The molecule has 23 heavy (non-hydrogen) atoms. The van der Waals surface area contributed by atoms with Crippen molar-refractivity contribution in [2.24, 2.45) is 0 Å². The number of cyclic esters (lactones) is 1. The number of ether oxygens (including phenoxy) is 2. The van der Waals surface area contributed by atoms with Crippen molar-refractivity contribution in [2.75, 3.05) is 6.61 Å². The van der Waals surface area contributed by atoms with E-state index in [9.17, 15) is 4.79 Å². The number of carbonyl (C=O) groups excluding carboxylic acids is 1. The van der Waals surface area contributed by atoms with Crippen LogP contribution in [0.3, 0.4) is 0 Å². The van der Waals surface area contributed by atoms with E-state index in [0.29, 0.717) is 23.0 Å². The number of rotatable bonds is 4. The third-order valence-electron chi connectivity index (χ3n) is 3.37. The average Bonchev–Trinajstić information content (AvgIpc) is 2.92. The summed E-state index contributed by atoms with van der Waals surface area (Å²) in [6, 6.07) is 14.7. The molecule has 0 N–H and O–H groups in total. The van der Waals surface area contributed by atoms with E-state index in [0.717, 1.165) is 16.9 Å². The predicted molar refractivity (Wildman–Crippen MR) is 91.1 cm³/mol. The Morgan fingerprint density at radius 3 is 2.43 bits per heavy atom. The van der Waals surface area contributed by atoms with Crippen LogP contribution in [0.5, 0.6) is 5.75 Å². The van der Waals surface area contributed by atoms with Crippen LogP contribution in [0.4, 0.5) is 0 Å². The lowest BCUT2D eigenvalue weighted by Crippen LogP contribution is -1.97. The van der Waals surface area contributed by atoms with Crippen LogP contribution in [0.25, 0.3) is 11.8 Å². The molecule has 0 aromatic heterocycles. The second-order valence-electron chi connectivity index (χ2n) is 5.01. The van der Waals surface area contributed by atoms with Crippen molar-refractivity contribution in [3.63, 3.8) is 0 Å². The van der Waals surface area contributed by atoms with Gasteiger partial charge in [0, 0.05) is 10.6 Å². The summed E-state index contributed by atoms with van der Waals surface area (Å²) in [4.78, 5) is 12.0. The number of carbonyl (C=O) groups is 1. The van der Waals surface area contributed by atoms with Crippen LogP contribution >= 0.6 is 11.6 Å². The Morgan fingerprint density at radius 1 is 1.09 bits per heavy atom. The highest BCUT2D eigenvalue weighted by atomic mass is 35.5. The lowest BCUT2D eigenvalue weighted by molar-refractivity contribution is -0.130. The maximum Gasteiger partial charge on any atom is 0.343 e. The highest BCUT2D eigenvalue weighted by Crippen LogP contribution is 2.28. The molecule has 1 aliphatic rings. The fraction of sp³-hybridized carbons (Fsp3) is 0.105. The summed E-state index contributed by atoms with van der Waals surface area (Å²) >= 11 is 5.86. The van der Waals surface area contributed by atoms with E-state index >= 15 is 0 Å². The molecular weight excluding hydrogens is 312 g/mol. The van der Waals surface area contributed by atoms with E-state index in [1.54, 1.807) is 24.3 Å². The van der Waals surface area contributed by atoms with Gasteiger partial charge in [-0.25, -0.2) is 4.79 Å². The van der Waals surface area contributed by atoms with Gasteiger partial charge in [-0.05, 0) is 61.0 Å². The number of benzene rings is 2. The molecule has 4 heteroatoms. The molecule has 1 aliphatic heterocycles. The van der Waals surface area contributed by atoms with Gasteiger partial charge in [-0.3, -0.25) is 0 Å². The molecule has 3 rings (SSSR count). The molecule has 0 amide bonds. The first-order valence-corrected chi connectivity index (χ1v) is 7.68. The van der Waals surface area contributed by atoms with Crippen LogP contribution in [0.15, 0.2) is 60.2 Å². The molecule has 2 aromatic carbocycles. The summed E-state index contributed by atoms with van der Waals surface area (Å²) in [6.45, 7) is 2.55. The largest absolute Gasteiger partial charge is 0.494 e. The van der Waals surface area contributed by atoms with Gasteiger partial charge in [0.2, 0.25) is 0 Å². The minimum absolute atomic E-state index is 0.358. The van der Waals surface area contributed by atoms with Gasteiger partial charge in [0.1, 0.15) is 11.5 Å².